The minimum absolute atomic E-state index is 0.628. The van der Waals surface area contributed by atoms with Gasteiger partial charge in [-0.3, -0.25) is 0 Å². The second kappa shape index (κ2) is 3.22. The van der Waals surface area contributed by atoms with Gasteiger partial charge in [0, 0.05) is 17.8 Å². The Bertz CT molecular complexity index is 153. The van der Waals surface area contributed by atoms with Crippen LogP contribution >= 0.6 is 11.8 Å². The Hall–Kier alpha value is 0.310. The summed E-state index contributed by atoms with van der Waals surface area (Å²) in [5.41, 5.74) is 0.628. The molecular formula is C10H19NS. The van der Waals surface area contributed by atoms with E-state index in [0.717, 1.165) is 12.1 Å². The zero-order chi connectivity index (χ0) is 8.60. The number of nitrogens with one attached hydrogen (secondary N) is 1. The van der Waals surface area contributed by atoms with Crippen molar-refractivity contribution in [3.8, 4) is 0 Å². The third kappa shape index (κ3) is 1.97. The van der Waals surface area contributed by atoms with Gasteiger partial charge in [0.05, 0.1) is 0 Å². The van der Waals surface area contributed by atoms with Crippen molar-refractivity contribution in [2.75, 3.05) is 11.5 Å². The predicted molar refractivity (Wildman–Crippen MR) is 55.7 cm³/mol. The van der Waals surface area contributed by atoms with E-state index >= 15 is 0 Å². The van der Waals surface area contributed by atoms with Crippen molar-refractivity contribution in [3.63, 3.8) is 0 Å². The lowest BCUT2D eigenvalue weighted by molar-refractivity contribution is 0.119. The van der Waals surface area contributed by atoms with Gasteiger partial charge in [0.2, 0.25) is 0 Å². The van der Waals surface area contributed by atoms with E-state index < -0.39 is 0 Å². The SMILES string of the molecule is CC1(C)CC(NC2CCSC2)C1. The van der Waals surface area contributed by atoms with Crippen LogP contribution in [0.4, 0.5) is 0 Å². The summed E-state index contributed by atoms with van der Waals surface area (Å²) < 4.78 is 0. The minimum atomic E-state index is 0.628. The molecule has 2 aliphatic rings. The van der Waals surface area contributed by atoms with E-state index in [4.69, 9.17) is 0 Å². The van der Waals surface area contributed by atoms with E-state index in [1.54, 1.807) is 0 Å². The topological polar surface area (TPSA) is 12.0 Å². The van der Waals surface area contributed by atoms with Gasteiger partial charge in [-0.15, -0.1) is 0 Å². The lowest BCUT2D eigenvalue weighted by atomic mass is 9.68. The molecule has 0 aromatic carbocycles. The number of hydrogen-bond acceptors (Lipinski definition) is 2. The molecule has 1 aliphatic heterocycles. The molecule has 2 fully saturated rings. The molecule has 0 aromatic rings. The van der Waals surface area contributed by atoms with Crippen LogP contribution in [0, 0.1) is 5.41 Å². The summed E-state index contributed by atoms with van der Waals surface area (Å²) in [5.74, 6) is 2.71. The zero-order valence-electron chi connectivity index (χ0n) is 8.10. The monoisotopic (exact) mass is 185 g/mol. The van der Waals surface area contributed by atoms with Crippen molar-refractivity contribution in [3.05, 3.63) is 0 Å². The molecule has 1 nitrogen and oxygen atoms in total. The van der Waals surface area contributed by atoms with Gasteiger partial charge in [0.15, 0.2) is 0 Å². The van der Waals surface area contributed by atoms with Gasteiger partial charge >= 0.3 is 0 Å². The summed E-state index contributed by atoms with van der Waals surface area (Å²) in [6.07, 6.45) is 4.16. The molecule has 1 heterocycles. The van der Waals surface area contributed by atoms with Crippen LogP contribution in [-0.4, -0.2) is 23.6 Å². The predicted octanol–water partition coefficient (Wildman–Crippen LogP) is 2.27. The van der Waals surface area contributed by atoms with Crippen LogP contribution in [0.15, 0.2) is 0 Å². The summed E-state index contributed by atoms with van der Waals surface area (Å²) in [6, 6.07) is 1.67. The average molecular weight is 185 g/mol. The van der Waals surface area contributed by atoms with Gasteiger partial charge in [-0.2, -0.15) is 11.8 Å². The van der Waals surface area contributed by atoms with E-state index in [0.29, 0.717) is 5.41 Å². The molecule has 0 radical (unpaired) electrons. The lowest BCUT2D eigenvalue weighted by Gasteiger charge is -2.44. The van der Waals surface area contributed by atoms with Crippen LogP contribution in [0.25, 0.3) is 0 Å². The molecular weight excluding hydrogens is 166 g/mol. The largest absolute Gasteiger partial charge is 0.310 e. The third-order valence-electron chi connectivity index (χ3n) is 3.00. The van der Waals surface area contributed by atoms with Crippen LogP contribution in [-0.2, 0) is 0 Å². The van der Waals surface area contributed by atoms with Gasteiger partial charge in [-0.25, -0.2) is 0 Å². The second-order valence-corrected chi connectivity index (χ2v) is 6.15. The number of hydrogen-bond donors (Lipinski definition) is 1. The lowest BCUT2D eigenvalue weighted by Crippen LogP contribution is -2.49. The van der Waals surface area contributed by atoms with E-state index in [9.17, 15) is 0 Å². The maximum atomic E-state index is 3.75. The van der Waals surface area contributed by atoms with Gasteiger partial charge in [-0.1, -0.05) is 13.8 Å². The Kier molecular flexibility index (Phi) is 2.39. The quantitative estimate of drug-likeness (QED) is 0.708. The van der Waals surface area contributed by atoms with Crippen molar-refractivity contribution in [1.29, 1.82) is 0 Å². The number of rotatable bonds is 2. The van der Waals surface area contributed by atoms with Crippen molar-refractivity contribution < 1.29 is 0 Å². The molecule has 1 atom stereocenters. The fraction of sp³-hybridized carbons (Fsp3) is 1.00. The molecule has 1 saturated heterocycles. The van der Waals surface area contributed by atoms with Crippen molar-refractivity contribution >= 4 is 11.8 Å². The Balaban J connectivity index is 1.69. The summed E-state index contributed by atoms with van der Waals surface area (Å²) in [5, 5.41) is 3.75. The van der Waals surface area contributed by atoms with Crippen LogP contribution in [0.2, 0.25) is 0 Å². The van der Waals surface area contributed by atoms with Crippen molar-refractivity contribution in [1.82, 2.24) is 5.32 Å². The molecule has 0 spiro atoms. The number of thioether (sulfide) groups is 1. The van der Waals surface area contributed by atoms with Crippen LogP contribution in [0.5, 0.6) is 0 Å². The standard InChI is InChI=1S/C10H19NS/c1-10(2)5-9(6-10)11-8-3-4-12-7-8/h8-9,11H,3-7H2,1-2H3. The van der Waals surface area contributed by atoms with E-state index in [1.807, 2.05) is 0 Å². The highest BCUT2D eigenvalue weighted by molar-refractivity contribution is 7.99. The summed E-state index contributed by atoms with van der Waals surface area (Å²) in [6.45, 7) is 4.74. The van der Waals surface area contributed by atoms with E-state index in [1.165, 1.54) is 30.8 Å². The summed E-state index contributed by atoms with van der Waals surface area (Å²) in [4.78, 5) is 0. The van der Waals surface area contributed by atoms with Gasteiger partial charge in [0.1, 0.15) is 0 Å². The first-order valence-corrected chi connectivity index (χ1v) is 6.15. The zero-order valence-corrected chi connectivity index (χ0v) is 8.91. The fourth-order valence-corrected chi connectivity index (χ4v) is 3.56. The molecule has 0 aromatic heterocycles. The van der Waals surface area contributed by atoms with Crippen LogP contribution < -0.4 is 5.32 Å². The molecule has 12 heavy (non-hydrogen) atoms. The molecule has 1 N–H and O–H groups in total. The van der Waals surface area contributed by atoms with Gasteiger partial charge < -0.3 is 5.32 Å². The molecule has 1 aliphatic carbocycles. The van der Waals surface area contributed by atoms with E-state index in [-0.39, 0.29) is 0 Å². The molecule has 2 rings (SSSR count). The second-order valence-electron chi connectivity index (χ2n) is 5.00. The molecule has 0 amide bonds. The summed E-state index contributed by atoms with van der Waals surface area (Å²) >= 11 is 2.10. The maximum absolute atomic E-state index is 3.75. The molecule has 2 heteroatoms. The third-order valence-corrected chi connectivity index (χ3v) is 4.16. The average Bonchev–Trinajstić information content (AvgIpc) is 2.35. The van der Waals surface area contributed by atoms with Crippen LogP contribution in [0.1, 0.15) is 33.1 Å². The fourth-order valence-electron chi connectivity index (χ4n) is 2.39. The Morgan fingerprint density at radius 2 is 2.00 bits per heavy atom. The highest BCUT2D eigenvalue weighted by Crippen LogP contribution is 2.40. The molecule has 70 valence electrons. The highest BCUT2D eigenvalue weighted by Gasteiger charge is 2.37. The first-order chi connectivity index (χ1) is 5.66. The summed E-state index contributed by atoms with van der Waals surface area (Å²) in [7, 11) is 0. The van der Waals surface area contributed by atoms with E-state index in [2.05, 4.69) is 30.9 Å². The normalized spacial score (nSPS) is 35.0. The highest BCUT2D eigenvalue weighted by atomic mass is 32.2. The Morgan fingerprint density at radius 3 is 2.50 bits per heavy atom. The van der Waals surface area contributed by atoms with Crippen LogP contribution in [0.3, 0.4) is 0 Å². The van der Waals surface area contributed by atoms with Crippen molar-refractivity contribution in [2.45, 2.75) is 45.2 Å². The maximum Gasteiger partial charge on any atom is 0.0168 e. The van der Waals surface area contributed by atoms with Crippen molar-refractivity contribution in [2.24, 2.45) is 5.41 Å². The minimum Gasteiger partial charge on any atom is -0.310 e. The first-order valence-electron chi connectivity index (χ1n) is 4.99. The Morgan fingerprint density at radius 1 is 1.25 bits per heavy atom. The van der Waals surface area contributed by atoms with Gasteiger partial charge in [-0.05, 0) is 30.4 Å². The molecule has 1 unspecified atom stereocenters. The smallest absolute Gasteiger partial charge is 0.0168 e. The molecule has 0 bridgehead atoms. The van der Waals surface area contributed by atoms with Gasteiger partial charge in [0.25, 0.3) is 0 Å². The Labute approximate surface area is 79.7 Å². The first kappa shape index (κ1) is 8.89. The molecule has 1 saturated carbocycles.